The zero-order chi connectivity index (χ0) is 23.5. The average molecular weight is 465 g/mol. The number of amides is 1. The Bertz CT molecular complexity index is 1070. The summed E-state index contributed by atoms with van der Waals surface area (Å²) in [6.45, 7) is 0.162. The van der Waals surface area contributed by atoms with Crippen LogP contribution in [-0.4, -0.2) is 64.5 Å². The Hall–Kier alpha value is -3.09. The number of para-hydroxylation sites is 1. The Morgan fingerprint density at radius 1 is 1.34 bits per heavy atom. The molecule has 3 rings (SSSR count). The number of Topliss-reactive ketones (excluding diaryl/α,β-unsaturated/α-hetero) is 1. The van der Waals surface area contributed by atoms with Crippen molar-refractivity contribution in [3.63, 3.8) is 0 Å². The smallest absolute Gasteiger partial charge is 0.364 e. The van der Waals surface area contributed by atoms with E-state index in [-0.39, 0.29) is 18.2 Å². The number of benzene rings is 1. The summed E-state index contributed by atoms with van der Waals surface area (Å²) in [5, 5.41) is 14.5. The Labute approximate surface area is 184 Å². The van der Waals surface area contributed by atoms with Crippen molar-refractivity contribution in [2.45, 2.75) is 36.2 Å². The van der Waals surface area contributed by atoms with Gasteiger partial charge in [-0.2, -0.15) is 8.42 Å². The monoisotopic (exact) mass is 464 g/mol. The van der Waals surface area contributed by atoms with E-state index < -0.39 is 38.4 Å². The minimum atomic E-state index is -5.06. The highest BCUT2D eigenvalue weighted by molar-refractivity contribution is 7.87. The van der Waals surface area contributed by atoms with Crippen LogP contribution in [0.3, 0.4) is 0 Å². The SMILES string of the molecule is NCC(=O)N1CCC[C@H]1C(=O)C(Nc1ccccc1)C1=CCC([N+](=O)[O-])(S(=O)(=O)O)C=C1. The summed E-state index contributed by atoms with van der Waals surface area (Å²) in [4.78, 5) is 34.7. The van der Waals surface area contributed by atoms with Crippen molar-refractivity contribution in [3.8, 4) is 0 Å². The van der Waals surface area contributed by atoms with Gasteiger partial charge in [-0.15, -0.1) is 0 Å². The molecule has 1 heterocycles. The van der Waals surface area contributed by atoms with Gasteiger partial charge in [-0.1, -0.05) is 30.4 Å². The van der Waals surface area contributed by atoms with Gasteiger partial charge in [0.2, 0.25) is 5.91 Å². The minimum Gasteiger partial charge on any atom is -0.372 e. The lowest BCUT2D eigenvalue weighted by Gasteiger charge is -2.30. The highest BCUT2D eigenvalue weighted by Crippen LogP contribution is 2.32. The van der Waals surface area contributed by atoms with E-state index in [9.17, 15) is 32.7 Å². The topological polar surface area (TPSA) is 173 Å². The quantitative estimate of drug-likeness (QED) is 0.285. The number of nitro groups is 1. The molecule has 1 aliphatic heterocycles. The van der Waals surface area contributed by atoms with Gasteiger partial charge in [0.25, 0.3) is 0 Å². The molecule has 1 amide bonds. The van der Waals surface area contributed by atoms with Gasteiger partial charge in [0, 0.05) is 23.2 Å². The number of anilines is 1. The number of nitrogens with two attached hydrogens (primary N) is 1. The summed E-state index contributed by atoms with van der Waals surface area (Å²) in [5.41, 5.74) is 6.36. The predicted molar refractivity (Wildman–Crippen MR) is 116 cm³/mol. The van der Waals surface area contributed by atoms with Crippen LogP contribution in [0, 0.1) is 10.1 Å². The third kappa shape index (κ3) is 4.42. The van der Waals surface area contributed by atoms with E-state index >= 15 is 0 Å². The Balaban J connectivity index is 1.96. The van der Waals surface area contributed by atoms with E-state index in [1.54, 1.807) is 30.3 Å². The molecule has 32 heavy (non-hydrogen) atoms. The molecule has 0 aromatic heterocycles. The fourth-order valence-corrected chi connectivity index (χ4v) is 4.67. The first-order chi connectivity index (χ1) is 15.1. The molecular formula is C20H24N4O7S. The second-order valence-electron chi connectivity index (χ2n) is 7.61. The summed E-state index contributed by atoms with van der Waals surface area (Å²) < 4.78 is 32.9. The summed E-state index contributed by atoms with van der Waals surface area (Å²) in [5.74, 6) is -0.698. The van der Waals surface area contributed by atoms with E-state index in [0.29, 0.717) is 30.6 Å². The molecular weight excluding hydrogens is 440 g/mol. The van der Waals surface area contributed by atoms with Crippen molar-refractivity contribution in [1.29, 1.82) is 0 Å². The largest absolute Gasteiger partial charge is 0.372 e. The average Bonchev–Trinajstić information content (AvgIpc) is 3.26. The second-order valence-corrected chi connectivity index (χ2v) is 9.27. The van der Waals surface area contributed by atoms with Crippen molar-refractivity contribution < 1.29 is 27.5 Å². The van der Waals surface area contributed by atoms with Crippen LogP contribution in [0.15, 0.2) is 54.1 Å². The molecule has 172 valence electrons. The van der Waals surface area contributed by atoms with Crippen LogP contribution in [-0.2, 0) is 19.7 Å². The van der Waals surface area contributed by atoms with Crippen LogP contribution in [0.5, 0.6) is 0 Å². The summed E-state index contributed by atoms with van der Waals surface area (Å²) >= 11 is 0. The maximum Gasteiger partial charge on any atom is 0.364 e. The van der Waals surface area contributed by atoms with Gasteiger partial charge in [0.15, 0.2) is 5.78 Å². The van der Waals surface area contributed by atoms with Crippen LogP contribution >= 0.6 is 0 Å². The van der Waals surface area contributed by atoms with Crippen LogP contribution < -0.4 is 11.1 Å². The second kappa shape index (κ2) is 9.18. The molecule has 0 bridgehead atoms. The van der Waals surface area contributed by atoms with Gasteiger partial charge < -0.3 is 16.0 Å². The maximum absolute atomic E-state index is 13.5. The van der Waals surface area contributed by atoms with Gasteiger partial charge in [0.1, 0.15) is 6.04 Å². The molecule has 0 radical (unpaired) electrons. The van der Waals surface area contributed by atoms with Crippen LogP contribution in [0.1, 0.15) is 19.3 Å². The van der Waals surface area contributed by atoms with Crippen LogP contribution in [0.2, 0.25) is 0 Å². The summed E-state index contributed by atoms with van der Waals surface area (Å²) in [6, 6.07) is 7.02. The number of nitrogens with one attached hydrogen (secondary N) is 1. The first-order valence-corrected chi connectivity index (χ1v) is 11.4. The van der Waals surface area contributed by atoms with E-state index in [2.05, 4.69) is 5.32 Å². The third-order valence-electron chi connectivity index (χ3n) is 5.70. The molecule has 12 heteroatoms. The lowest BCUT2D eigenvalue weighted by molar-refractivity contribution is -0.527. The number of ketones is 1. The van der Waals surface area contributed by atoms with Crippen molar-refractivity contribution in [2.24, 2.45) is 5.73 Å². The fraction of sp³-hybridized carbons (Fsp3) is 0.400. The third-order valence-corrected chi connectivity index (χ3v) is 7.05. The van der Waals surface area contributed by atoms with E-state index in [0.717, 1.165) is 12.2 Å². The molecule has 1 aliphatic carbocycles. The van der Waals surface area contributed by atoms with E-state index in [1.807, 2.05) is 0 Å². The molecule has 4 N–H and O–H groups in total. The predicted octanol–water partition coefficient (Wildman–Crippen LogP) is 0.733. The first kappa shape index (κ1) is 23.6. The lowest BCUT2D eigenvalue weighted by Crippen LogP contribution is -2.50. The minimum absolute atomic E-state index is 0.233. The number of carbonyl (C=O) groups is 2. The van der Waals surface area contributed by atoms with Gasteiger partial charge in [-0.3, -0.25) is 24.3 Å². The fourth-order valence-electron chi connectivity index (χ4n) is 3.95. The number of hydrogen-bond donors (Lipinski definition) is 3. The highest BCUT2D eigenvalue weighted by Gasteiger charge is 2.54. The van der Waals surface area contributed by atoms with E-state index in [4.69, 9.17) is 5.73 Å². The Kier molecular flexibility index (Phi) is 6.77. The molecule has 1 aromatic carbocycles. The Morgan fingerprint density at radius 3 is 2.56 bits per heavy atom. The number of nitrogens with zero attached hydrogens (tertiary/aromatic N) is 2. The van der Waals surface area contributed by atoms with Gasteiger partial charge >= 0.3 is 15.0 Å². The molecule has 1 aromatic rings. The number of likely N-dealkylation sites (tertiary alicyclic amines) is 1. The molecule has 0 saturated carbocycles. The Morgan fingerprint density at radius 2 is 2.03 bits per heavy atom. The summed E-state index contributed by atoms with van der Waals surface area (Å²) in [6.07, 6.45) is 3.60. The number of carbonyl (C=O) groups excluding carboxylic acids is 2. The summed E-state index contributed by atoms with van der Waals surface area (Å²) in [7, 11) is -5.06. The molecule has 1 saturated heterocycles. The van der Waals surface area contributed by atoms with Crippen molar-refractivity contribution >= 4 is 27.5 Å². The standard InChI is InChI=1S/C20H24N4O7S/c21-13-17(25)23-12-4-7-16(23)19(26)18(22-15-5-2-1-3-6-15)14-8-10-20(11-9-14,24(27)28)32(29,30)31/h1-3,5-6,8-10,16,18,22H,4,7,11-13,21H2,(H,29,30,31)/t16-,18?,20?/m0/s1. The van der Waals surface area contributed by atoms with Gasteiger partial charge in [-0.05, 0) is 30.5 Å². The molecule has 0 spiro atoms. The van der Waals surface area contributed by atoms with Gasteiger partial charge in [0.05, 0.1) is 19.0 Å². The zero-order valence-electron chi connectivity index (χ0n) is 17.1. The number of hydrogen-bond acceptors (Lipinski definition) is 8. The first-order valence-electron chi connectivity index (χ1n) is 9.96. The van der Waals surface area contributed by atoms with Crippen LogP contribution in [0.4, 0.5) is 5.69 Å². The molecule has 2 unspecified atom stereocenters. The van der Waals surface area contributed by atoms with Crippen molar-refractivity contribution in [1.82, 2.24) is 4.90 Å². The zero-order valence-corrected chi connectivity index (χ0v) is 17.9. The van der Waals surface area contributed by atoms with Crippen LogP contribution in [0.25, 0.3) is 0 Å². The van der Waals surface area contributed by atoms with E-state index in [1.165, 1.54) is 11.0 Å². The number of rotatable bonds is 8. The maximum atomic E-state index is 13.5. The van der Waals surface area contributed by atoms with Gasteiger partial charge in [-0.25, -0.2) is 0 Å². The van der Waals surface area contributed by atoms with Crippen molar-refractivity contribution in [2.75, 3.05) is 18.4 Å². The highest BCUT2D eigenvalue weighted by atomic mass is 32.2. The lowest BCUT2D eigenvalue weighted by atomic mass is 9.91. The molecule has 2 aliphatic rings. The molecule has 1 fully saturated rings. The molecule has 11 nitrogen and oxygen atoms in total. The van der Waals surface area contributed by atoms with Crippen molar-refractivity contribution in [3.05, 3.63) is 64.2 Å². The molecule has 3 atom stereocenters. The normalized spacial score (nSPS) is 24.0.